The smallest absolute Gasteiger partial charge is 0.223 e. The number of halogens is 1. The predicted molar refractivity (Wildman–Crippen MR) is 98.1 cm³/mol. The number of amides is 1. The van der Waals surface area contributed by atoms with Crippen molar-refractivity contribution < 1.29 is 4.79 Å². The Morgan fingerprint density at radius 3 is 3.00 bits per heavy atom. The minimum atomic E-state index is 0.268. The lowest BCUT2D eigenvalue weighted by Crippen LogP contribution is -2.42. The van der Waals surface area contributed by atoms with Gasteiger partial charge in [-0.15, -0.1) is 5.10 Å². The number of likely N-dealkylation sites (tertiary alicyclic amines) is 1. The lowest BCUT2D eigenvalue weighted by molar-refractivity contribution is -0.132. The monoisotopic (exact) mass is 393 g/mol. The number of carbonyl (C=O) groups is 1. The molecule has 6 nitrogen and oxygen atoms in total. The second kappa shape index (κ2) is 7.09. The number of rotatable bonds is 5. The summed E-state index contributed by atoms with van der Waals surface area (Å²) in [5, 5.41) is 4.62. The van der Waals surface area contributed by atoms with Gasteiger partial charge in [0.2, 0.25) is 5.91 Å². The first kappa shape index (κ1) is 17.2. The summed E-state index contributed by atoms with van der Waals surface area (Å²) >= 11 is 3.46. The van der Waals surface area contributed by atoms with Gasteiger partial charge in [0, 0.05) is 32.6 Å². The molecular weight excluding hydrogens is 370 g/mol. The summed E-state index contributed by atoms with van der Waals surface area (Å²) in [4.78, 5) is 20.9. The van der Waals surface area contributed by atoms with E-state index in [4.69, 9.17) is 0 Å². The molecule has 0 aromatic carbocycles. The second-order valence-corrected chi connectivity index (χ2v) is 7.72. The standard InChI is InChI=1S/C17H24BrN5O/c1-12(2)9-17(24)22-8-4-5-13(22)11-21(3)16-7-6-15-19-10-14(18)23(15)20-16/h6-7,10,12-13H,4-5,8-9,11H2,1-3H3/t13-/m0/s1. The van der Waals surface area contributed by atoms with Gasteiger partial charge in [-0.05, 0) is 46.8 Å². The van der Waals surface area contributed by atoms with Gasteiger partial charge in [-0.25, -0.2) is 9.50 Å². The molecule has 0 N–H and O–H groups in total. The highest BCUT2D eigenvalue weighted by Gasteiger charge is 2.29. The Bertz CT molecular complexity index is 729. The van der Waals surface area contributed by atoms with Crippen LogP contribution < -0.4 is 4.90 Å². The minimum absolute atomic E-state index is 0.268. The van der Waals surface area contributed by atoms with E-state index in [0.717, 1.165) is 42.0 Å². The number of nitrogens with zero attached hydrogens (tertiary/aromatic N) is 5. The highest BCUT2D eigenvalue weighted by atomic mass is 79.9. The Kier molecular flexibility index (Phi) is 5.08. The van der Waals surface area contributed by atoms with Gasteiger partial charge in [-0.2, -0.15) is 0 Å². The zero-order chi connectivity index (χ0) is 17.3. The largest absolute Gasteiger partial charge is 0.356 e. The SMILES string of the molecule is CC(C)CC(=O)N1CCC[C@H]1CN(C)c1ccc2ncc(Br)n2n1. The van der Waals surface area contributed by atoms with Crippen LogP contribution in [0, 0.1) is 5.92 Å². The van der Waals surface area contributed by atoms with E-state index in [1.165, 1.54) is 0 Å². The lowest BCUT2D eigenvalue weighted by atomic mass is 10.1. The van der Waals surface area contributed by atoms with E-state index in [9.17, 15) is 4.79 Å². The fourth-order valence-corrected chi connectivity index (χ4v) is 3.63. The molecule has 3 rings (SSSR count). The third-order valence-corrected chi connectivity index (χ3v) is 5.00. The van der Waals surface area contributed by atoms with E-state index in [1.807, 2.05) is 19.2 Å². The number of fused-ring (bicyclic) bond motifs is 1. The molecule has 3 heterocycles. The fraction of sp³-hybridized carbons (Fsp3) is 0.588. The molecule has 1 atom stereocenters. The molecule has 1 saturated heterocycles. The summed E-state index contributed by atoms with van der Waals surface area (Å²) in [6, 6.07) is 4.20. The molecule has 7 heteroatoms. The topological polar surface area (TPSA) is 53.7 Å². The summed E-state index contributed by atoms with van der Waals surface area (Å²) in [6.07, 6.45) is 4.52. The zero-order valence-corrected chi connectivity index (χ0v) is 16.0. The molecule has 130 valence electrons. The van der Waals surface area contributed by atoms with Crippen LogP contribution in [0.2, 0.25) is 0 Å². The quantitative estimate of drug-likeness (QED) is 0.783. The van der Waals surface area contributed by atoms with Crippen molar-refractivity contribution in [3.63, 3.8) is 0 Å². The number of carbonyl (C=O) groups excluding carboxylic acids is 1. The van der Waals surface area contributed by atoms with Crippen molar-refractivity contribution >= 4 is 33.3 Å². The molecule has 0 unspecified atom stereocenters. The summed E-state index contributed by atoms with van der Waals surface area (Å²) < 4.78 is 2.62. The number of aromatic nitrogens is 3. The average Bonchev–Trinajstić information content (AvgIpc) is 3.13. The van der Waals surface area contributed by atoms with E-state index in [1.54, 1.807) is 10.7 Å². The number of likely N-dealkylation sites (N-methyl/N-ethyl adjacent to an activating group) is 1. The average molecular weight is 394 g/mol. The number of anilines is 1. The van der Waals surface area contributed by atoms with Gasteiger partial charge in [-0.1, -0.05) is 13.8 Å². The molecule has 2 aromatic rings. The maximum atomic E-state index is 12.4. The summed E-state index contributed by atoms with van der Waals surface area (Å²) in [5.41, 5.74) is 0.814. The van der Waals surface area contributed by atoms with Gasteiger partial charge in [0.1, 0.15) is 10.4 Å². The van der Waals surface area contributed by atoms with Gasteiger partial charge >= 0.3 is 0 Å². The molecule has 1 aliphatic rings. The van der Waals surface area contributed by atoms with Crippen molar-refractivity contribution in [2.75, 3.05) is 25.0 Å². The Labute approximate surface area is 151 Å². The second-order valence-electron chi connectivity index (χ2n) is 6.90. The van der Waals surface area contributed by atoms with Crippen molar-refractivity contribution in [1.82, 2.24) is 19.5 Å². The van der Waals surface area contributed by atoms with Crippen molar-refractivity contribution in [3.8, 4) is 0 Å². The Morgan fingerprint density at radius 1 is 1.46 bits per heavy atom. The van der Waals surface area contributed by atoms with Crippen molar-refractivity contribution in [3.05, 3.63) is 22.9 Å². The van der Waals surface area contributed by atoms with Crippen LogP contribution in [0.3, 0.4) is 0 Å². The van der Waals surface area contributed by atoms with Gasteiger partial charge < -0.3 is 9.80 Å². The summed E-state index contributed by atoms with van der Waals surface area (Å²) in [6.45, 7) is 5.87. The van der Waals surface area contributed by atoms with Gasteiger partial charge in [0.05, 0.1) is 6.20 Å². The first-order valence-corrected chi connectivity index (χ1v) is 9.26. The van der Waals surface area contributed by atoms with Crippen LogP contribution >= 0.6 is 15.9 Å². The molecule has 0 bridgehead atoms. The van der Waals surface area contributed by atoms with Crippen LogP contribution in [0.1, 0.15) is 33.1 Å². The van der Waals surface area contributed by atoms with Crippen LogP contribution in [0.15, 0.2) is 22.9 Å². The maximum Gasteiger partial charge on any atom is 0.223 e. The van der Waals surface area contributed by atoms with E-state index in [0.29, 0.717) is 12.3 Å². The Morgan fingerprint density at radius 2 is 2.25 bits per heavy atom. The molecule has 24 heavy (non-hydrogen) atoms. The minimum Gasteiger partial charge on any atom is -0.356 e. The summed E-state index contributed by atoms with van der Waals surface area (Å²) in [5.74, 6) is 1.56. The zero-order valence-electron chi connectivity index (χ0n) is 14.4. The maximum absolute atomic E-state index is 12.4. The van der Waals surface area contributed by atoms with Gasteiger partial charge in [-0.3, -0.25) is 4.79 Å². The predicted octanol–water partition coefficient (Wildman–Crippen LogP) is 2.97. The molecule has 0 spiro atoms. The first-order valence-electron chi connectivity index (χ1n) is 8.46. The highest BCUT2D eigenvalue weighted by Crippen LogP contribution is 2.22. The van der Waals surface area contributed by atoms with Crippen molar-refractivity contribution in [2.24, 2.45) is 5.92 Å². The van der Waals surface area contributed by atoms with Gasteiger partial charge in [0.25, 0.3) is 0 Å². The first-order chi connectivity index (χ1) is 11.5. The van der Waals surface area contributed by atoms with Crippen LogP contribution in [-0.4, -0.2) is 51.6 Å². The van der Waals surface area contributed by atoms with Crippen LogP contribution in [-0.2, 0) is 4.79 Å². The van der Waals surface area contributed by atoms with Gasteiger partial charge in [0.15, 0.2) is 5.65 Å². The van der Waals surface area contributed by atoms with E-state index in [2.05, 4.69) is 49.7 Å². The fourth-order valence-electron chi connectivity index (χ4n) is 3.27. The van der Waals surface area contributed by atoms with Crippen LogP contribution in [0.5, 0.6) is 0 Å². The third-order valence-electron chi connectivity index (χ3n) is 4.46. The number of hydrogen-bond acceptors (Lipinski definition) is 4. The Balaban J connectivity index is 1.71. The molecular formula is C17H24BrN5O. The molecule has 0 radical (unpaired) electrons. The van der Waals surface area contributed by atoms with Crippen molar-refractivity contribution in [2.45, 2.75) is 39.2 Å². The molecule has 1 aliphatic heterocycles. The van der Waals surface area contributed by atoms with Crippen LogP contribution in [0.25, 0.3) is 5.65 Å². The van der Waals surface area contributed by atoms with E-state index >= 15 is 0 Å². The van der Waals surface area contributed by atoms with E-state index < -0.39 is 0 Å². The number of imidazole rings is 1. The summed E-state index contributed by atoms with van der Waals surface area (Å²) in [7, 11) is 2.03. The molecule has 2 aromatic heterocycles. The highest BCUT2D eigenvalue weighted by molar-refractivity contribution is 9.10. The number of hydrogen-bond donors (Lipinski definition) is 0. The third kappa shape index (κ3) is 3.55. The van der Waals surface area contributed by atoms with Crippen molar-refractivity contribution in [1.29, 1.82) is 0 Å². The normalized spacial score (nSPS) is 17.9. The van der Waals surface area contributed by atoms with Crippen LogP contribution in [0.4, 0.5) is 5.82 Å². The molecule has 0 aliphatic carbocycles. The molecule has 1 amide bonds. The molecule has 0 saturated carbocycles. The Hall–Kier alpha value is -1.63. The van der Waals surface area contributed by atoms with E-state index in [-0.39, 0.29) is 11.9 Å². The molecule has 1 fully saturated rings. The lowest BCUT2D eigenvalue weighted by Gasteiger charge is -2.29.